The first-order valence-electron chi connectivity index (χ1n) is 9.13. The van der Waals surface area contributed by atoms with Crippen molar-refractivity contribution in [2.24, 2.45) is 0 Å². The fourth-order valence-corrected chi connectivity index (χ4v) is 4.21. The number of epoxide rings is 1. The van der Waals surface area contributed by atoms with Gasteiger partial charge in [0.2, 0.25) is 5.60 Å². The van der Waals surface area contributed by atoms with Crippen molar-refractivity contribution in [2.45, 2.75) is 37.4 Å². The molecule has 5 rings (SSSR count). The minimum absolute atomic E-state index is 0.0766. The van der Waals surface area contributed by atoms with Gasteiger partial charge in [0.15, 0.2) is 0 Å². The van der Waals surface area contributed by atoms with E-state index in [0.717, 1.165) is 54.8 Å². The van der Waals surface area contributed by atoms with Gasteiger partial charge in [-0.25, -0.2) is 0 Å². The predicted molar refractivity (Wildman–Crippen MR) is 94.7 cm³/mol. The zero-order valence-corrected chi connectivity index (χ0v) is 14.1. The normalized spacial score (nSPS) is 27.8. The molecule has 0 N–H and O–H groups in total. The molecule has 1 spiro atoms. The van der Waals surface area contributed by atoms with Crippen molar-refractivity contribution in [3.05, 3.63) is 59.7 Å². The number of fused-ring (bicyclic) bond motifs is 5. The molecule has 2 aromatic carbocycles. The largest absolute Gasteiger partial charge is 0.493 e. The molecule has 0 aromatic heterocycles. The summed E-state index contributed by atoms with van der Waals surface area (Å²) >= 11 is 0. The second kappa shape index (κ2) is 5.60. The third kappa shape index (κ3) is 2.13. The standard InChI is InChI=1S/C21H21NO3/c23-20-21-16-10-4-5-11-17(16)22(20)13-7-1-2-8-14-24-18-12-6-3-9-15(18)19(21)25-21/h3-6,9-12,19H,1-2,7-8,13-14H2/t19-,21-/m0/s1. The van der Waals surface area contributed by atoms with E-state index in [1.54, 1.807) is 0 Å². The molecule has 2 aromatic rings. The summed E-state index contributed by atoms with van der Waals surface area (Å²) in [5.41, 5.74) is 2.12. The summed E-state index contributed by atoms with van der Waals surface area (Å²) in [5, 5.41) is 0. The van der Waals surface area contributed by atoms with Crippen molar-refractivity contribution in [3.63, 3.8) is 0 Å². The first kappa shape index (κ1) is 15.0. The molecule has 25 heavy (non-hydrogen) atoms. The third-order valence-electron chi connectivity index (χ3n) is 5.51. The van der Waals surface area contributed by atoms with Crippen LogP contribution >= 0.6 is 0 Å². The molecule has 3 heterocycles. The lowest BCUT2D eigenvalue weighted by atomic mass is 9.92. The smallest absolute Gasteiger partial charge is 0.267 e. The number of carbonyl (C=O) groups is 1. The van der Waals surface area contributed by atoms with Crippen LogP contribution in [0.25, 0.3) is 0 Å². The Balaban J connectivity index is 1.62. The quantitative estimate of drug-likeness (QED) is 0.685. The van der Waals surface area contributed by atoms with Crippen molar-refractivity contribution in [1.82, 2.24) is 0 Å². The summed E-state index contributed by atoms with van der Waals surface area (Å²) in [4.78, 5) is 15.2. The van der Waals surface area contributed by atoms with E-state index in [2.05, 4.69) is 0 Å². The number of hydrogen-bond acceptors (Lipinski definition) is 3. The van der Waals surface area contributed by atoms with Gasteiger partial charge in [0.1, 0.15) is 11.9 Å². The van der Waals surface area contributed by atoms with Crippen LogP contribution in [0.4, 0.5) is 5.69 Å². The summed E-state index contributed by atoms with van der Waals surface area (Å²) in [6.07, 6.45) is 4.01. The van der Waals surface area contributed by atoms with Crippen LogP contribution in [-0.2, 0) is 15.1 Å². The molecule has 1 saturated heterocycles. The van der Waals surface area contributed by atoms with Gasteiger partial charge in [0.05, 0.1) is 12.3 Å². The van der Waals surface area contributed by atoms with Gasteiger partial charge in [-0.3, -0.25) is 4.79 Å². The molecule has 2 atom stereocenters. The number of carbonyl (C=O) groups excluding carboxylic acids is 1. The van der Waals surface area contributed by atoms with Crippen LogP contribution in [0.1, 0.15) is 42.9 Å². The van der Waals surface area contributed by atoms with Crippen molar-refractivity contribution < 1.29 is 14.3 Å². The molecule has 0 saturated carbocycles. The summed E-state index contributed by atoms with van der Waals surface area (Å²) in [7, 11) is 0. The minimum Gasteiger partial charge on any atom is -0.493 e. The molecule has 0 aliphatic carbocycles. The Morgan fingerprint density at radius 2 is 1.76 bits per heavy atom. The maximum atomic E-state index is 13.3. The second-order valence-corrected chi connectivity index (χ2v) is 7.01. The average Bonchev–Trinajstić information content (AvgIpc) is 3.35. The van der Waals surface area contributed by atoms with Gasteiger partial charge in [0, 0.05) is 17.7 Å². The molecule has 0 unspecified atom stereocenters. The Morgan fingerprint density at radius 1 is 0.960 bits per heavy atom. The lowest BCUT2D eigenvalue weighted by Crippen LogP contribution is -2.33. The van der Waals surface area contributed by atoms with Crippen molar-refractivity contribution in [2.75, 3.05) is 18.1 Å². The van der Waals surface area contributed by atoms with Gasteiger partial charge in [0.25, 0.3) is 5.91 Å². The Kier molecular flexibility index (Phi) is 3.35. The van der Waals surface area contributed by atoms with Crippen LogP contribution in [0.2, 0.25) is 0 Å². The van der Waals surface area contributed by atoms with Crippen LogP contribution in [-0.4, -0.2) is 19.1 Å². The van der Waals surface area contributed by atoms with E-state index < -0.39 is 5.60 Å². The number of hydrogen-bond donors (Lipinski definition) is 0. The fourth-order valence-electron chi connectivity index (χ4n) is 4.21. The fraction of sp³-hybridized carbons (Fsp3) is 0.381. The number of amides is 1. The number of benzene rings is 2. The first-order chi connectivity index (χ1) is 12.3. The van der Waals surface area contributed by atoms with Crippen LogP contribution in [0, 0.1) is 0 Å². The van der Waals surface area contributed by atoms with E-state index in [1.165, 1.54) is 0 Å². The number of ether oxygens (including phenoxy) is 2. The van der Waals surface area contributed by atoms with Crippen LogP contribution < -0.4 is 9.64 Å². The van der Waals surface area contributed by atoms with Gasteiger partial charge in [-0.1, -0.05) is 49.2 Å². The van der Waals surface area contributed by atoms with E-state index in [1.807, 2.05) is 53.4 Å². The van der Waals surface area contributed by atoms with E-state index in [4.69, 9.17) is 9.47 Å². The predicted octanol–water partition coefficient (Wildman–Crippen LogP) is 3.95. The highest BCUT2D eigenvalue weighted by Gasteiger charge is 2.70. The molecule has 3 aliphatic heterocycles. The van der Waals surface area contributed by atoms with Gasteiger partial charge >= 0.3 is 0 Å². The summed E-state index contributed by atoms with van der Waals surface area (Å²) in [6, 6.07) is 16.0. The van der Waals surface area contributed by atoms with E-state index in [-0.39, 0.29) is 12.0 Å². The zero-order chi connectivity index (χ0) is 16.9. The van der Waals surface area contributed by atoms with E-state index >= 15 is 0 Å². The number of para-hydroxylation sites is 2. The minimum atomic E-state index is -0.857. The van der Waals surface area contributed by atoms with Crippen LogP contribution in [0.3, 0.4) is 0 Å². The molecule has 0 radical (unpaired) electrons. The molecule has 2 bridgehead atoms. The van der Waals surface area contributed by atoms with Gasteiger partial charge in [-0.15, -0.1) is 0 Å². The summed E-state index contributed by atoms with van der Waals surface area (Å²) in [5.74, 6) is 0.917. The number of nitrogens with zero attached hydrogens (tertiary/aromatic N) is 1. The highest BCUT2D eigenvalue weighted by molar-refractivity contribution is 6.09. The molecular weight excluding hydrogens is 314 g/mol. The third-order valence-corrected chi connectivity index (χ3v) is 5.51. The van der Waals surface area contributed by atoms with E-state index in [9.17, 15) is 4.79 Å². The van der Waals surface area contributed by atoms with Gasteiger partial charge in [-0.05, 0) is 25.0 Å². The average molecular weight is 335 g/mol. The van der Waals surface area contributed by atoms with Crippen molar-refractivity contribution >= 4 is 11.6 Å². The van der Waals surface area contributed by atoms with Gasteiger partial charge in [-0.2, -0.15) is 0 Å². The number of rotatable bonds is 0. The Morgan fingerprint density at radius 3 is 2.72 bits per heavy atom. The monoisotopic (exact) mass is 335 g/mol. The van der Waals surface area contributed by atoms with Crippen LogP contribution in [0.15, 0.2) is 48.5 Å². The zero-order valence-electron chi connectivity index (χ0n) is 14.1. The highest BCUT2D eigenvalue weighted by atomic mass is 16.6. The molecular formula is C21H21NO3. The molecule has 1 fully saturated rings. The molecule has 4 heteroatoms. The summed E-state index contributed by atoms with van der Waals surface area (Å²) < 4.78 is 12.2. The topological polar surface area (TPSA) is 42.1 Å². The first-order valence-corrected chi connectivity index (χ1v) is 9.13. The van der Waals surface area contributed by atoms with Crippen molar-refractivity contribution in [3.8, 4) is 5.75 Å². The maximum absolute atomic E-state index is 13.3. The Labute approximate surface area is 147 Å². The second-order valence-electron chi connectivity index (χ2n) is 7.01. The molecule has 1 amide bonds. The lowest BCUT2D eigenvalue weighted by Gasteiger charge is -2.17. The van der Waals surface area contributed by atoms with Gasteiger partial charge < -0.3 is 14.4 Å². The Hall–Kier alpha value is -2.33. The molecule has 4 nitrogen and oxygen atoms in total. The maximum Gasteiger partial charge on any atom is 0.267 e. The van der Waals surface area contributed by atoms with Crippen LogP contribution in [0.5, 0.6) is 5.75 Å². The highest BCUT2D eigenvalue weighted by Crippen LogP contribution is 2.64. The lowest BCUT2D eigenvalue weighted by molar-refractivity contribution is -0.123. The summed E-state index contributed by atoms with van der Waals surface area (Å²) in [6.45, 7) is 1.47. The molecule has 3 aliphatic rings. The SMILES string of the molecule is O=C1N2CCCCCCOc3ccccc3[C@@H]3O[C@]13c1ccccc12. The molecule has 128 valence electrons. The number of anilines is 1. The van der Waals surface area contributed by atoms with E-state index in [0.29, 0.717) is 6.61 Å². The van der Waals surface area contributed by atoms with Crippen molar-refractivity contribution in [1.29, 1.82) is 0 Å². The Bertz CT molecular complexity index is 833.